The molecule has 2 heterocycles. The summed E-state index contributed by atoms with van der Waals surface area (Å²) >= 11 is 0. The molecule has 1 amide bonds. The number of amides is 1. The predicted molar refractivity (Wildman–Crippen MR) is 122 cm³/mol. The first-order valence-electron chi connectivity index (χ1n) is 10.8. The SMILES string of the molecule is O=C(c1ccc(Oc2ccccc2)cc1)N1CCC(Oc2nncc3ccccc23)CC1. The summed E-state index contributed by atoms with van der Waals surface area (Å²) in [5, 5.41) is 10.2. The maximum absolute atomic E-state index is 12.9. The molecule has 6 nitrogen and oxygen atoms in total. The second-order valence-corrected chi connectivity index (χ2v) is 7.79. The van der Waals surface area contributed by atoms with Crippen LogP contribution in [0.3, 0.4) is 0 Å². The summed E-state index contributed by atoms with van der Waals surface area (Å²) in [6.07, 6.45) is 3.26. The zero-order valence-electron chi connectivity index (χ0n) is 17.6. The molecule has 0 saturated carbocycles. The van der Waals surface area contributed by atoms with Crippen LogP contribution in [0.4, 0.5) is 0 Å². The molecule has 1 saturated heterocycles. The molecular formula is C26H23N3O3. The molecule has 0 aliphatic carbocycles. The average molecular weight is 425 g/mol. The lowest BCUT2D eigenvalue weighted by Crippen LogP contribution is -2.41. The van der Waals surface area contributed by atoms with E-state index in [4.69, 9.17) is 9.47 Å². The predicted octanol–water partition coefficient (Wildman–Crippen LogP) is 5.11. The molecular weight excluding hydrogens is 402 g/mol. The van der Waals surface area contributed by atoms with E-state index >= 15 is 0 Å². The van der Waals surface area contributed by atoms with E-state index in [-0.39, 0.29) is 12.0 Å². The van der Waals surface area contributed by atoms with Gasteiger partial charge in [-0.2, -0.15) is 5.10 Å². The maximum Gasteiger partial charge on any atom is 0.253 e. The average Bonchev–Trinajstić information content (AvgIpc) is 2.85. The Morgan fingerprint density at radius 1 is 0.844 bits per heavy atom. The van der Waals surface area contributed by atoms with Crippen molar-refractivity contribution in [3.05, 3.63) is 90.6 Å². The number of benzene rings is 3. The summed E-state index contributed by atoms with van der Waals surface area (Å²) in [6.45, 7) is 1.29. The molecule has 0 unspecified atom stereocenters. The second-order valence-electron chi connectivity index (χ2n) is 7.79. The van der Waals surface area contributed by atoms with Crippen molar-refractivity contribution >= 4 is 16.7 Å². The second kappa shape index (κ2) is 9.06. The number of rotatable bonds is 5. The minimum Gasteiger partial charge on any atom is -0.473 e. The lowest BCUT2D eigenvalue weighted by atomic mass is 10.1. The molecule has 32 heavy (non-hydrogen) atoms. The maximum atomic E-state index is 12.9. The summed E-state index contributed by atoms with van der Waals surface area (Å²) in [5.41, 5.74) is 0.657. The third kappa shape index (κ3) is 4.39. The van der Waals surface area contributed by atoms with Gasteiger partial charge in [-0.05, 0) is 42.5 Å². The van der Waals surface area contributed by atoms with E-state index in [2.05, 4.69) is 10.2 Å². The number of hydrogen-bond acceptors (Lipinski definition) is 5. The van der Waals surface area contributed by atoms with Crippen LogP contribution in [0.1, 0.15) is 23.2 Å². The van der Waals surface area contributed by atoms with Crippen molar-refractivity contribution in [3.63, 3.8) is 0 Å². The topological polar surface area (TPSA) is 64.5 Å². The zero-order valence-corrected chi connectivity index (χ0v) is 17.6. The van der Waals surface area contributed by atoms with Gasteiger partial charge in [0, 0.05) is 42.3 Å². The minimum atomic E-state index is 0.0146. The number of carbonyl (C=O) groups is 1. The molecule has 6 heteroatoms. The Kier molecular flexibility index (Phi) is 5.66. The molecule has 4 aromatic rings. The van der Waals surface area contributed by atoms with Gasteiger partial charge in [0.25, 0.3) is 5.91 Å². The van der Waals surface area contributed by atoms with E-state index in [1.165, 1.54) is 0 Å². The van der Waals surface area contributed by atoms with Gasteiger partial charge in [0.15, 0.2) is 0 Å². The Hall–Kier alpha value is -3.93. The van der Waals surface area contributed by atoms with Gasteiger partial charge in [0.1, 0.15) is 17.6 Å². The molecule has 1 aliphatic heterocycles. The highest BCUT2D eigenvalue weighted by Crippen LogP contribution is 2.26. The van der Waals surface area contributed by atoms with E-state index in [0.717, 1.165) is 29.4 Å². The number of hydrogen-bond donors (Lipinski definition) is 0. The van der Waals surface area contributed by atoms with Crippen molar-refractivity contribution in [2.45, 2.75) is 18.9 Å². The Balaban J connectivity index is 1.18. The number of carbonyl (C=O) groups excluding carboxylic acids is 1. The van der Waals surface area contributed by atoms with E-state index in [9.17, 15) is 4.79 Å². The third-order valence-corrected chi connectivity index (χ3v) is 5.62. The fraction of sp³-hybridized carbons (Fsp3) is 0.192. The summed E-state index contributed by atoms with van der Waals surface area (Å²) < 4.78 is 12.0. The smallest absolute Gasteiger partial charge is 0.253 e. The molecule has 1 fully saturated rings. The largest absolute Gasteiger partial charge is 0.473 e. The first-order valence-corrected chi connectivity index (χ1v) is 10.8. The third-order valence-electron chi connectivity index (χ3n) is 5.62. The molecule has 0 spiro atoms. The lowest BCUT2D eigenvalue weighted by molar-refractivity contribution is 0.0589. The van der Waals surface area contributed by atoms with Gasteiger partial charge in [0.05, 0.1) is 6.20 Å². The normalized spacial score (nSPS) is 14.3. The van der Waals surface area contributed by atoms with Crippen molar-refractivity contribution in [1.82, 2.24) is 15.1 Å². The summed E-state index contributed by atoms with van der Waals surface area (Å²) in [4.78, 5) is 14.8. The number of piperidine rings is 1. The zero-order chi connectivity index (χ0) is 21.8. The Bertz CT molecular complexity index is 1200. The van der Waals surface area contributed by atoms with E-state index in [1.807, 2.05) is 83.8 Å². The van der Waals surface area contributed by atoms with Crippen LogP contribution >= 0.6 is 0 Å². The Labute approximate surface area is 186 Å². The van der Waals surface area contributed by atoms with Crippen LogP contribution in [-0.2, 0) is 0 Å². The van der Waals surface area contributed by atoms with Crippen LogP contribution in [-0.4, -0.2) is 40.2 Å². The lowest BCUT2D eigenvalue weighted by Gasteiger charge is -2.32. The molecule has 5 rings (SSSR count). The highest BCUT2D eigenvalue weighted by atomic mass is 16.5. The van der Waals surface area contributed by atoms with Crippen LogP contribution in [0, 0.1) is 0 Å². The molecule has 3 aromatic carbocycles. The number of nitrogens with zero attached hydrogens (tertiary/aromatic N) is 3. The standard InChI is InChI=1S/C26H23N3O3/c30-26(19-10-12-22(13-11-19)31-21-7-2-1-3-8-21)29-16-14-23(15-17-29)32-25-24-9-5-4-6-20(24)18-27-28-25/h1-13,18,23H,14-17H2. The van der Waals surface area contributed by atoms with Crippen molar-refractivity contribution in [2.75, 3.05) is 13.1 Å². The Morgan fingerprint density at radius 2 is 1.53 bits per heavy atom. The van der Waals surface area contributed by atoms with Gasteiger partial charge in [-0.25, -0.2) is 0 Å². The van der Waals surface area contributed by atoms with Crippen LogP contribution in [0.15, 0.2) is 85.1 Å². The first kappa shape index (κ1) is 20.0. The minimum absolute atomic E-state index is 0.0146. The van der Waals surface area contributed by atoms with Crippen LogP contribution < -0.4 is 9.47 Å². The first-order chi connectivity index (χ1) is 15.8. The molecule has 0 N–H and O–H groups in total. The van der Waals surface area contributed by atoms with Crippen molar-refractivity contribution < 1.29 is 14.3 Å². The Morgan fingerprint density at radius 3 is 2.31 bits per heavy atom. The van der Waals surface area contributed by atoms with Crippen LogP contribution in [0.5, 0.6) is 17.4 Å². The monoisotopic (exact) mass is 425 g/mol. The van der Waals surface area contributed by atoms with E-state index in [1.54, 1.807) is 6.20 Å². The molecule has 1 aromatic heterocycles. The summed E-state index contributed by atoms with van der Waals surface area (Å²) in [5.74, 6) is 2.06. The fourth-order valence-corrected chi connectivity index (χ4v) is 3.90. The van der Waals surface area contributed by atoms with Gasteiger partial charge in [0.2, 0.25) is 5.88 Å². The van der Waals surface area contributed by atoms with Gasteiger partial charge in [-0.3, -0.25) is 4.79 Å². The van der Waals surface area contributed by atoms with Crippen molar-refractivity contribution in [1.29, 1.82) is 0 Å². The van der Waals surface area contributed by atoms with Gasteiger partial charge < -0.3 is 14.4 Å². The molecule has 0 bridgehead atoms. The number of para-hydroxylation sites is 1. The molecule has 0 atom stereocenters. The van der Waals surface area contributed by atoms with Crippen molar-refractivity contribution in [3.8, 4) is 17.4 Å². The van der Waals surface area contributed by atoms with Crippen LogP contribution in [0.2, 0.25) is 0 Å². The van der Waals surface area contributed by atoms with E-state index < -0.39 is 0 Å². The summed E-state index contributed by atoms with van der Waals surface area (Å²) in [6, 6.07) is 24.8. The molecule has 1 aliphatic rings. The van der Waals surface area contributed by atoms with Crippen LogP contribution in [0.25, 0.3) is 10.8 Å². The van der Waals surface area contributed by atoms with Gasteiger partial charge in [-0.1, -0.05) is 36.4 Å². The number of likely N-dealkylation sites (tertiary alicyclic amines) is 1. The van der Waals surface area contributed by atoms with Gasteiger partial charge >= 0.3 is 0 Å². The van der Waals surface area contributed by atoms with Crippen molar-refractivity contribution in [2.24, 2.45) is 0 Å². The van der Waals surface area contributed by atoms with Gasteiger partial charge in [-0.15, -0.1) is 5.10 Å². The highest BCUT2D eigenvalue weighted by Gasteiger charge is 2.25. The van der Waals surface area contributed by atoms with E-state index in [0.29, 0.717) is 30.3 Å². The fourth-order valence-electron chi connectivity index (χ4n) is 3.90. The molecule has 0 radical (unpaired) electrons. The highest BCUT2D eigenvalue weighted by molar-refractivity contribution is 5.94. The number of aromatic nitrogens is 2. The summed E-state index contributed by atoms with van der Waals surface area (Å²) in [7, 11) is 0. The molecule has 160 valence electrons. The number of ether oxygens (including phenoxy) is 2. The number of fused-ring (bicyclic) bond motifs is 1. The quantitative estimate of drug-likeness (QED) is 0.445.